The van der Waals surface area contributed by atoms with Crippen LogP contribution in [0.1, 0.15) is 32.3 Å². The topological polar surface area (TPSA) is 72.9 Å². The van der Waals surface area contributed by atoms with Gasteiger partial charge < -0.3 is 14.4 Å². The van der Waals surface area contributed by atoms with Crippen molar-refractivity contribution in [1.82, 2.24) is 4.90 Å². The van der Waals surface area contributed by atoms with Crippen molar-refractivity contribution in [2.75, 3.05) is 32.6 Å². The maximum atomic E-state index is 14.7. The van der Waals surface area contributed by atoms with Gasteiger partial charge in [-0.2, -0.15) is 13.2 Å². The van der Waals surface area contributed by atoms with E-state index in [4.69, 9.17) is 21.1 Å². The Kier molecular flexibility index (Phi) is 9.34. The lowest BCUT2D eigenvalue weighted by atomic mass is 9.90. The Balaban J connectivity index is 1.69. The minimum Gasteiger partial charge on any atom is -0.465 e. The van der Waals surface area contributed by atoms with Crippen LogP contribution in [0.4, 0.5) is 17.6 Å². The van der Waals surface area contributed by atoms with Gasteiger partial charge >= 0.3 is 12.1 Å². The van der Waals surface area contributed by atoms with Crippen LogP contribution in [0.3, 0.4) is 0 Å². The first-order valence-corrected chi connectivity index (χ1v) is 13.0. The van der Waals surface area contributed by atoms with Gasteiger partial charge in [0.1, 0.15) is 17.4 Å². The third-order valence-electron chi connectivity index (χ3n) is 6.27. The van der Waals surface area contributed by atoms with Gasteiger partial charge in [-0.3, -0.25) is 14.4 Å². The summed E-state index contributed by atoms with van der Waals surface area (Å²) in [5, 5.41) is 0.0624. The van der Waals surface area contributed by atoms with Crippen molar-refractivity contribution in [3.8, 4) is 0 Å². The molecule has 0 aliphatic carbocycles. The van der Waals surface area contributed by atoms with Crippen molar-refractivity contribution in [3.63, 3.8) is 0 Å². The fourth-order valence-corrected chi connectivity index (χ4v) is 5.34. The minimum absolute atomic E-state index is 0.0476. The number of hydrogen-bond donors (Lipinski definition) is 0. The van der Waals surface area contributed by atoms with Crippen LogP contribution in [0.2, 0.25) is 5.02 Å². The first kappa shape index (κ1) is 29.4. The van der Waals surface area contributed by atoms with Crippen LogP contribution in [-0.4, -0.2) is 61.4 Å². The van der Waals surface area contributed by atoms with Crippen LogP contribution in [0, 0.1) is 23.1 Å². The predicted molar refractivity (Wildman–Crippen MR) is 130 cm³/mol. The van der Waals surface area contributed by atoms with Crippen LogP contribution in [0.25, 0.3) is 0 Å². The van der Waals surface area contributed by atoms with Crippen molar-refractivity contribution < 1.29 is 41.4 Å². The molecule has 37 heavy (non-hydrogen) atoms. The van der Waals surface area contributed by atoms with Crippen molar-refractivity contribution >= 4 is 41.0 Å². The monoisotopic (exact) mass is 565 g/mol. The number of ether oxygens (including phenoxy) is 2. The Morgan fingerprint density at radius 3 is 2.59 bits per heavy atom. The molecule has 0 N–H and O–H groups in total. The highest BCUT2D eigenvalue weighted by atomic mass is 35.5. The number of nitrogens with zero attached hydrogens (tertiary/aromatic N) is 1. The van der Waals surface area contributed by atoms with E-state index in [9.17, 15) is 31.9 Å². The Bertz CT molecular complexity index is 1090. The molecule has 1 amide bonds. The van der Waals surface area contributed by atoms with E-state index >= 15 is 0 Å². The number of halogens is 5. The van der Waals surface area contributed by atoms with Crippen molar-refractivity contribution in [2.24, 2.45) is 17.3 Å². The number of amides is 1. The molecule has 1 aromatic carbocycles. The average Bonchev–Trinajstić information content (AvgIpc) is 2.82. The molecule has 1 saturated heterocycles. The molecule has 3 rings (SSSR count). The molecular formula is C25H28ClF4NO5S. The first-order valence-electron chi connectivity index (χ1n) is 11.7. The average molecular weight is 566 g/mol. The molecule has 2 atom stereocenters. The summed E-state index contributed by atoms with van der Waals surface area (Å²) in [7, 11) is 0.920. The van der Waals surface area contributed by atoms with Crippen LogP contribution in [-0.2, 0) is 30.3 Å². The SMILES string of the molecule is CN1C(=O)C(Cc2cc(SCC(C)(C)C(=O)OCC3CCCOC3)c(Cl)cc2F)C(=O)C=C1C(F)(F)F. The number of carbonyl (C=O) groups excluding carboxylic acids is 3. The van der Waals surface area contributed by atoms with E-state index in [1.165, 1.54) is 17.8 Å². The Morgan fingerprint density at radius 2 is 1.97 bits per heavy atom. The molecule has 1 fully saturated rings. The number of rotatable bonds is 8. The molecule has 204 valence electrons. The van der Waals surface area contributed by atoms with Gasteiger partial charge in [-0.25, -0.2) is 4.39 Å². The number of benzene rings is 1. The third-order valence-corrected chi connectivity index (χ3v) is 8.21. The molecule has 2 aliphatic rings. The number of esters is 1. The highest BCUT2D eigenvalue weighted by Gasteiger charge is 2.45. The molecule has 0 bridgehead atoms. The predicted octanol–water partition coefficient (Wildman–Crippen LogP) is 5.21. The lowest BCUT2D eigenvalue weighted by Gasteiger charge is -2.30. The van der Waals surface area contributed by atoms with Gasteiger partial charge in [-0.05, 0) is 50.8 Å². The second-order valence-corrected chi connectivity index (χ2v) is 11.2. The van der Waals surface area contributed by atoms with E-state index in [1.807, 2.05) is 0 Å². The number of alkyl halides is 3. The molecule has 2 aliphatic heterocycles. The highest BCUT2D eigenvalue weighted by molar-refractivity contribution is 7.99. The molecular weight excluding hydrogens is 538 g/mol. The highest BCUT2D eigenvalue weighted by Crippen LogP contribution is 2.37. The Labute approximate surface area is 221 Å². The number of ketones is 1. The lowest BCUT2D eigenvalue weighted by Crippen LogP contribution is -2.45. The molecule has 0 spiro atoms. The van der Waals surface area contributed by atoms with E-state index < -0.39 is 53.1 Å². The second-order valence-electron chi connectivity index (χ2n) is 9.81. The van der Waals surface area contributed by atoms with E-state index in [2.05, 4.69) is 0 Å². The van der Waals surface area contributed by atoms with Gasteiger partial charge in [0.15, 0.2) is 5.78 Å². The molecule has 0 saturated carbocycles. The number of thioether (sulfide) groups is 1. The summed E-state index contributed by atoms with van der Waals surface area (Å²) in [4.78, 5) is 38.3. The van der Waals surface area contributed by atoms with Gasteiger partial charge in [0.2, 0.25) is 5.91 Å². The van der Waals surface area contributed by atoms with Crippen LogP contribution in [0.15, 0.2) is 28.8 Å². The lowest BCUT2D eigenvalue weighted by molar-refractivity contribution is -0.155. The molecule has 12 heteroatoms. The standard InChI is InChI=1S/C25H28ClF4NO5S/c1-24(2,23(34)36-12-14-5-4-6-35-11-14)13-37-20-8-15(18(27)9-17(20)26)7-16-19(32)10-21(25(28,29)30)31(3)22(16)33/h8-10,14,16H,4-7,11-13H2,1-3H3. The molecule has 1 aromatic rings. The van der Waals surface area contributed by atoms with Gasteiger partial charge in [0.05, 0.1) is 23.7 Å². The Morgan fingerprint density at radius 1 is 1.27 bits per heavy atom. The smallest absolute Gasteiger partial charge is 0.431 e. The normalized spacial score (nSPS) is 21.2. The molecule has 6 nitrogen and oxygen atoms in total. The Hall–Kier alpha value is -2.11. The zero-order valence-corrected chi connectivity index (χ0v) is 22.2. The van der Waals surface area contributed by atoms with Gasteiger partial charge in [-0.15, -0.1) is 11.8 Å². The summed E-state index contributed by atoms with van der Waals surface area (Å²) < 4.78 is 64.9. The van der Waals surface area contributed by atoms with Crippen molar-refractivity contribution in [3.05, 3.63) is 40.3 Å². The second kappa shape index (κ2) is 11.7. The van der Waals surface area contributed by atoms with Crippen LogP contribution in [0.5, 0.6) is 0 Å². The molecule has 2 heterocycles. The van der Waals surface area contributed by atoms with Gasteiger partial charge in [-0.1, -0.05) is 11.6 Å². The fraction of sp³-hybridized carbons (Fsp3) is 0.560. The molecule has 0 radical (unpaired) electrons. The number of hydrogen-bond acceptors (Lipinski definition) is 6. The largest absolute Gasteiger partial charge is 0.465 e. The summed E-state index contributed by atoms with van der Waals surface area (Å²) in [5.41, 5.74) is -2.32. The zero-order valence-electron chi connectivity index (χ0n) is 20.6. The maximum Gasteiger partial charge on any atom is 0.431 e. The molecule has 0 aromatic heterocycles. The van der Waals surface area contributed by atoms with E-state index in [0.29, 0.717) is 29.1 Å². The summed E-state index contributed by atoms with van der Waals surface area (Å²) >= 11 is 7.37. The van der Waals surface area contributed by atoms with Gasteiger partial charge in [0.25, 0.3) is 0 Å². The van der Waals surface area contributed by atoms with Crippen LogP contribution < -0.4 is 0 Å². The van der Waals surface area contributed by atoms with E-state index in [0.717, 1.165) is 26.0 Å². The molecule has 2 unspecified atom stereocenters. The van der Waals surface area contributed by atoms with E-state index in [1.54, 1.807) is 13.8 Å². The third kappa shape index (κ3) is 7.26. The summed E-state index contributed by atoms with van der Waals surface area (Å²) in [6.45, 7) is 4.93. The number of carbonyl (C=O) groups is 3. The van der Waals surface area contributed by atoms with E-state index in [-0.39, 0.29) is 28.9 Å². The zero-order chi connectivity index (χ0) is 27.5. The summed E-state index contributed by atoms with van der Waals surface area (Å²) in [5.74, 6) is -4.43. The first-order chi connectivity index (χ1) is 17.2. The summed E-state index contributed by atoms with van der Waals surface area (Å²) in [6, 6.07) is 2.37. The van der Waals surface area contributed by atoms with Crippen molar-refractivity contribution in [1.29, 1.82) is 0 Å². The minimum atomic E-state index is -4.88. The summed E-state index contributed by atoms with van der Waals surface area (Å²) in [6.07, 6.45) is -3.11. The van der Waals surface area contributed by atoms with Gasteiger partial charge in [0, 0.05) is 36.3 Å². The number of allylic oxidation sites excluding steroid dienone is 2. The fourth-order valence-electron chi connectivity index (χ4n) is 3.97. The maximum absolute atomic E-state index is 14.7. The van der Waals surface area contributed by atoms with Crippen LogP contribution >= 0.6 is 23.4 Å². The van der Waals surface area contributed by atoms with Crippen molar-refractivity contribution in [2.45, 2.75) is 44.2 Å². The quantitative estimate of drug-likeness (QED) is 0.186.